The third-order valence-corrected chi connectivity index (χ3v) is 4.65. The number of rotatable bonds is 6. The number of carbonyl (C=O) groups is 1. The highest BCUT2D eigenvalue weighted by Gasteiger charge is 2.32. The van der Waals surface area contributed by atoms with E-state index in [-0.39, 0.29) is 5.91 Å². The van der Waals surface area contributed by atoms with E-state index in [0.29, 0.717) is 31.6 Å². The Bertz CT molecular complexity index is 331. The second-order valence-electron chi connectivity index (χ2n) is 6.77. The smallest absolute Gasteiger partial charge is 0.222 e. The molecule has 0 spiro atoms. The second-order valence-corrected chi connectivity index (χ2v) is 6.77. The van der Waals surface area contributed by atoms with Gasteiger partial charge in [0.1, 0.15) is 0 Å². The van der Waals surface area contributed by atoms with Gasteiger partial charge in [0.2, 0.25) is 5.91 Å². The quantitative estimate of drug-likeness (QED) is 0.689. The van der Waals surface area contributed by atoms with Crippen LogP contribution in [0.2, 0.25) is 0 Å². The van der Waals surface area contributed by atoms with E-state index in [9.17, 15) is 9.90 Å². The van der Waals surface area contributed by atoms with Gasteiger partial charge >= 0.3 is 0 Å². The molecule has 1 saturated heterocycles. The van der Waals surface area contributed by atoms with Crippen LogP contribution in [0.25, 0.3) is 0 Å². The van der Waals surface area contributed by atoms with Crippen molar-refractivity contribution in [2.24, 2.45) is 5.92 Å². The zero-order chi connectivity index (χ0) is 15.1. The van der Waals surface area contributed by atoms with Crippen LogP contribution in [0, 0.1) is 5.92 Å². The molecular weight excluding hydrogens is 268 g/mol. The molecule has 0 radical (unpaired) electrons. The lowest BCUT2D eigenvalue weighted by Gasteiger charge is -2.35. The van der Waals surface area contributed by atoms with E-state index in [1.54, 1.807) is 0 Å². The molecule has 0 aromatic carbocycles. The molecule has 2 unspecified atom stereocenters. The molecule has 21 heavy (non-hydrogen) atoms. The number of hydrogen-bond donors (Lipinski definition) is 3. The highest BCUT2D eigenvalue weighted by Crippen LogP contribution is 2.31. The second kappa shape index (κ2) is 8.11. The molecule has 0 bridgehead atoms. The monoisotopic (exact) mass is 298 g/mol. The minimum absolute atomic E-state index is 0.0180. The maximum Gasteiger partial charge on any atom is 0.222 e. The molecule has 1 aliphatic heterocycles. The molecule has 2 rings (SSSR count). The van der Waals surface area contributed by atoms with Crippen molar-refractivity contribution in [3.05, 3.63) is 0 Å². The van der Waals surface area contributed by atoms with Crippen molar-refractivity contribution >= 4 is 5.91 Å². The van der Waals surface area contributed by atoms with Crippen LogP contribution in [0.5, 0.6) is 0 Å². The first kappa shape index (κ1) is 16.7. The number of ether oxygens (including phenoxy) is 1. The summed E-state index contributed by atoms with van der Waals surface area (Å²) in [5.74, 6) is 0.527. The Labute approximate surface area is 127 Å². The molecule has 1 aliphatic carbocycles. The summed E-state index contributed by atoms with van der Waals surface area (Å²) in [4.78, 5) is 11.8. The molecule has 0 aromatic rings. The van der Waals surface area contributed by atoms with Crippen LogP contribution >= 0.6 is 0 Å². The zero-order valence-electron chi connectivity index (χ0n) is 13.2. The maximum absolute atomic E-state index is 11.8. The van der Waals surface area contributed by atoms with Crippen molar-refractivity contribution in [2.45, 2.75) is 63.6 Å². The largest absolute Gasteiger partial charge is 0.388 e. The van der Waals surface area contributed by atoms with Crippen LogP contribution in [0.15, 0.2) is 0 Å². The Morgan fingerprint density at radius 2 is 2.14 bits per heavy atom. The summed E-state index contributed by atoms with van der Waals surface area (Å²) in [5, 5.41) is 16.6. The summed E-state index contributed by atoms with van der Waals surface area (Å²) < 4.78 is 5.72. The van der Waals surface area contributed by atoms with Gasteiger partial charge in [0.15, 0.2) is 0 Å². The minimum atomic E-state index is -0.705. The highest BCUT2D eigenvalue weighted by atomic mass is 16.5. The van der Waals surface area contributed by atoms with E-state index >= 15 is 0 Å². The van der Waals surface area contributed by atoms with Gasteiger partial charge in [-0.25, -0.2) is 0 Å². The van der Waals surface area contributed by atoms with E-state index in [0.717, 1.165) is 45.2 Å². The lowest BCUT2D eigenvalue weighted by atomic mass is 9.79. The van der Waals surface area contributed by atoms with E-state index in [2.05, 4.69) is 17.6 Å². The van der Waals surface area contributed by atoms with Crippen molar-refractivity contribution in [1.29, 1.82) is 0 Å². The summed E-state index contributed by atoms with van der Waals surface area (Å²) >= 11 is 0. The summed E-state index contributed by atoms with van der Waals surface area (Å²) in [6.07, 6.45) is 6.55. The van der Waals surface area contributed by atoms with Gasteiger partial charge in [-0.3, -0.25) is 4.79 Å². The average molecular weight is 298 g/mol. The van der Waals surface area contributed by atoms with Crippen LogP contribution in [0.1, 0.15) is 51.9 Å². The number of hydrogen-bond acceptors (Lipinski definition) is 4. The van der Waals surface area contributed by atoms with Crippen LogP contribution in [-0.2, 0) is 9.53 Å². The van der Waals surface area contributed by atoms with Crippen molar-refractivity contribution < 1.29 is 14.6 Å². The number of nitrogens with one attached hydrogen (secondary N) is 2. The molecule has 2 aliphatic rings. The minimum Gasteiger partial charge on any atom is -0.388 e. The van der Waals surface area contributed by atoms with E-state index in [4.69, 9.17) is 4.74 Å². The van der Waals surface area contributed by atoms with Gasteiger partial charge in [-0.15, -0.1) is 0 Å². The zero-order valence-corrected chi connectivity index (χ0v) is 13.2. The molecule has 1 amide bonds. The van der Waals surface area contributed by atoms with Crippen molar-refractivity contribution in [1.82, 2.24) is 10.6 Å². The van der Waals surface area contributed by atoms with E-state index in [1.165, 1.54) is 6.42 Å². The summed E-state index contributed by atoms with van der Waals surface area (Å²) in [6.45, 7) is 5.03. The number of carbonyl (C=O) groups excluding carboxylic acids is 1. The molecule has 1 heterocycles. The predicted molar refractivity (Wildman–Crippen MR) is 82.1 cm³/mol. The van der Waals surface area contributed by atoms with Gasteiger partial charge in [-0.2, -0.15) is 0 Å². The Morgan fingerprint density at radius 3 is 2.86 bits per heavy atom. The standard InChI is InChI=1S/C16H30N2O3/c1-13-3-2-7-16(20,11-13)12-18-15(19)6-10-21-14-4-8-17-9-5-14/h13-14,17,20H,2-12H2,1H3,(H,18,19). The van der Waals surface area contributed by atoms with E-state index in [1.807, 2.05) is 0 Å². The van der Waals surface area contributed by atoms with Crippen LogP contribution in [-0.4, -0.2) is 49.0 Å². The fourth-order valence-electron chi connectivity index (χ4n) is 3.42. The molecule has 2 atom stereocenters. The predicted octanol–water partition coefficient (Wildman–Crippen LogP) is 1.20. The van der Waals surface area contributed by atoms with Gasteiger partial charge in [-0.1, -0.05) is 19.8 Å². The molecule has 1 saturated carbocycles. The molecule has 5 nitrogen and oxygen atoms in total. The van der Waals surface area contributed by atoms with Crippen molar-refractivity contribution in [3.63, 3.8) is 0 Å². The summed E-state index contributed by atoms with van der Waals surface area (Å²) in [5.41, 5.74) is -0.705. The first-order valence-corrected chi connectivity index (χ1v) is 8.39. The van der Waals surface area contributed by atoms with Gasteiger partial charge in [0.25, 0.3) is 0 Å². The third kappa shape index (κ3) is 5.93. The first-order valence-electron chi connectivity index (χ1n) is 8.39. The highest BCUT2D eigenvalue weighted by molar-refractivity contribution is 5.76. The SMILES string of the molecule is CC1CCCC(O)(CNC(=O)CCOC2CCNCC2)C1. The number of amides is 1. The molecule has 122 valence electrons. The Hall–Kier alpha value is -0.650. The lowest BCUT2D eigenvalue weighted by molar-refractivity contribution is -0.124. The number of piperidine rings is 1. The molecule has 3 N–H and O–H groups in total. The Morgan fingerprint density at radius 1 is 1.38 bits per heavy atom. The van der Waals surface area contributed by atoms with Gasteiger partial charge < -0.3 is 20.5 Å². The summed E-state index contributed by atoms with van der Waals surface area (Å²) in [7, 11) is 0. The normalized spacial score (nSPS) is 31.0. The number of aliphatic hydroxyl groups is 1. The third-order valence-electron chi connectivity index (χ3n) is 4.65. The Kier molecular flexibility index (Phi) is 6.45. The van der Waals surface area contributed by atoms with Crippen molar-refractivity contribution in [3.8, 4) is 0 Å². The maximum atomic E-state index is 11.8. The topological polar surface area (TPSA) is 70.6 Å². The van der Waals surface area contributed by atoms with Crippen LogP contribution < -0.4 is 10.6 Å². The average Bonchev–Trinajstić information content (AvgIpc) is 2.46. The molecule has 5 heteroatoms. The fourth-order valence-corrected chi connectivity index (χ4v) is 3.42. The fraction of sp³-hybridized carbons (Fsp3) is 0.938. The molecular formula is C16H30N2O3. The Balaban J connectivity index is 1.58. The van der Waals surface area contributed by atoms with Gasteiger partial charge in [-0.05, 0) is 44.7 Å². The molecule has 0 aromatic heterocycles. The van der Waals surface area contributed by atoms with E-state index < -0.39 is 5.60 Å². The van der Waals surface area contributed by atoms with Gasteiger partial charge in [0.05, 0.1) is 18.3 Å². The van der Waals surface area contributed by atoms with Crippen molar-refractivity contribution in [2.75, 3.05) is 26.2 Å². The van der Waals surface area contributed by atoms with Crippen LogP contribution in [0.4, 0.5) is 0 Å². The molecule has 2 fully saturated rings. The summed E-state index contributed by atoms with van der Waals surface area (Å²) in [6, 6.07) is 0. The first-order chi connectivity index (χ1) is 10.1. The lowest BCUT2D eigenvalue weighted by Crippen LogP contribution is -2.46. The van der Waals surface area contributed by atoms with Crippen LogP contribution in [0.3, 0.4) is 0 Å². The van der Waals surface area contributed by atoms with Gasteiger partial charge in [0, 0.05) is 13.0 Å².